The van der Waals surface area contributed by atoms with Gasteiger partial charge in [0.2, 0.25) is 0 Å². The number of hydrogen-bond acceptors (Lipinski definition) is 4. The van der Waals surface area contributed by atoms with E-state index in [1.165, 1.54) is 0 Å². The SMILES string of the molecule is CCCCCOC(=O)C(CCC(C)C)C(=O)OCCCCC. The van der Waals surface area contributed by atoms with Crippen molar-refractivity contribution in [2.75, 3.05) is 13.2 Å². The Morgan fingerprint density at radius 2 is 1.23 bits per heavy atom. The maximum atomic E-state index is 12.1. The van der Waals surface area contributed by atoms with Crippen LogP contribution in [0.4, 0.5) is 0 Å². The van der Waals surface area contributed by atoms with E-state index in [0.29, 0.717) is 25.6 Å². The predicted molar refractivity (Wildman–Crippen MR) is 88.5 cm³/mol. The molecule has 0 heterocycles. The summed E-state index contributed by atoms with van der Waals surface area (Å²) in [6, 6.07) is 0. The molecule has 0 unspecified atom stereocenters. The monoisotopic (exact) mass is 314 g/mol. The number of unbranched alkanes of at least 4 members (excludes halogenated alkanes) is 4. The summed E-state index contributed by atoms with van der Waals surface area (Å²) in [4.78, 5) is 24.3. The number of carbonyl (C=O) groups excluding carboxylic acids is 2. The Labute approximate surface area is 135 Å². The van der Waals surface area contributed by atoms with Crippen molar-refractivity contribution in [2.24, 2.45) is 11.8 Å². The maximum absolute atomic E-state index is 12.1. The molecule has 0 spiro atoms. The van der Waals surface area contributed by atoms with E-state index >= 15 is 0 Å². The highest BCUT2D eigenvalue weighted by Gasteiger charge is 2.29. The molecule has 0 aliphatic heterocycles. The number of rotatable bonds is 13. The van der Waals surface area contributed by atoms with E-state index in [0.717, 1.165) is 44.9 Å². The minimum atomic E-state index is -0.759. The van der Waals surface area contributed by atoms with E-state index in [1.54, 1.807) is 0 Å². The molecule has 0 aromatic carbocycles. The number of ether oxygens (including phenoxy) is 2. The van der Waals surface area contributed by atoms with Crippen molar-refractivity contribution in [1.29, 1.82) is 0 Å². The van der Waals surface area contributed by atoms with Crippen LogP contribution in [0.2, 0.25) is 0 Å². The standard InChI is InChI=1S/C18H34O4/c1-5-7-9-13-21-17(19)16(12-11-15(3)4)18(20)22-14-10-8-6-2/h15-16H,5-14H2,1-4H3. The average Bonchev–Trinajstić information content (AvgIpc) is 2.48. The molecule has 130 valence electrons. The summed E-state index contributed by atoms with van der Waals surface area (Å²) in [7, 11) is 0. The number of esters is 2. The zero-order valence-corrected chi connectivity index (χ0v) is 14.9. The van der Waals surface area contributed by atoms with Gasteiger partial charge in [-0.2, -0.15) is 0 Å². The fraction of sp³-hybridized carbons (Fsp3) is 0.889. The Hall–Kier alpha value is -1.06. The zero-order valence-electron chi connectivity index (χ0n) is 14.9. The van der Waals surface area contributed by atoms with E-state index in [4.69, 9.17) is 9.47 Å². The summed E-state index contributed by atoms with van der Waals surface area (Å²) in [5, 5.41) is 0. The molecule has 0 saturated heterocycles. The van der Waals surface area contributed by atoms with Crippen LogP contribution in [0.3, 0.4) is 0 Å². The van der Waals surface area contributed by atoms with Crippen LogP contribution in [0.5, 0.6) is 0 Å². The van der Waals surface area contributed by atoms with Crippen LogP contribution in [0.25, 0.3) is 0 Å². The lowest BCUT2D eigenvalue weighted by atomic mass is 9.98. The van der Waals surface area contributed by atoms with Gasteiger partial charge in [0.25, 0.3) is 0 Å². The summed E-state index contributed by atoms with van der Waals surface area (Å²) in [5.41, 5.74) is 0. The molecule has 0 saturated carbocycles. The minimum Gasteiger partial charge on any atom is -0.465 e. The lowest BCUT2D eigenvalue weighted by Gasteiger charge is -2.16. The average molecular weight is 314 g/mol. The predicted octanol–water partition coefficient (Wildman–Crippen LogP) is 4.51. The zero-order chi connectivity index (χ0) is 16.8. The van der Waals surface area contributed by atoms with E-state index in [2.05, 4.69) is 27.7 Å². The van der Waals surface area contributed by atoms with Crippen LogP contribution in [0.1, 0.15) is 79.1 Å². The van der Waals surface area contributed by atoms with Crippen LogP contribution >= 0.6 is 0 Å². The Morgan fingerprint density at radius 1 is 0.773 bits per heavy atom. The van der Waals surface area contributed by atoms with Gasteiger partial charge in [-0.15, -0.1) is 0 Å². The van der Waals surface area contributed by atoms with Gasteiger partial charge in [-0.05, 0) is 31.6 Å². The number of carbonyl (C=O) groups is 2. The fourth-order valence-corrected chi connectivity index (χ4v) is 2.08. The highest BCUT2D eigenvalue weighted by molar-refractivity contribution is 5.94. The van der Waals surface area contributed by atoms with Gasteiger partial charge >= 0.3 is 11.9 Å². The van der Waals surface area contributed by atoms with E-state index in [9.17, 15) is 9.59 Å². The van der Waals surface area contributed by atoms with Crippen molar-refractivity contribution in [2.45, 2.75) is 79.1 Å². The summed E-state index contributed by atoms with van der Waals surface area (Å²) in [6.07, 6.45) is 7.25. The maximum Gasteiger partial charge on any atom is 0.320 e. The topological polar surface area (TPSA) is 52.6 Å². The summed E-state index contributed by atoms with van der Waals surface area (Å²) in [5.74, 6) is -1.15. The van der Waals surface area contributed by atoms with Crippen LogP contribution in [0.15, 0.2) is 0 Å². The van der Waals surface area contributed by atoms with E-state index < -0.39 is 17.9 Å². The highest BCUT2D eigenvalue weighted by Crippen LogP contribution is 2.16. The van der Waals surface area contributed by atoms with Crippen LogP contribution in [-0.4, -0.2) is 25.2 Å². The summed E-state index contributed by atoms with van der Waals surface area (Å²) >= 11 is 0. The van der Waals surface area contributed by atoms with Crippen molar-refractivity contribution in [3.63, 3.8) is 0 Å². The first-order valence-corrected chi connectivity index (χ1v) is 8.86. The summed E-state index contributed by atoms with van der Waals surface area (Å²) < 4.78 is 10.5. The van der Waals surface area contributed by atoms with Gasteiger partial charge in [0.15, 0.2) is 5.92 Å². The van der Waals surface area contributed by atoms with Gasteiger partial charge in [-0.25, -0.2) is 0 Å². The van der Waals surface area contributed by atoms with Crippen LogP contribution in [0, 0.1) is 11.8 Å². The molecule has 22 heavy (non-hydrogen) atoms. The first-order valence-electron chi connectivity index (χ1n) is 8.86. The lowest BCUT2D eigenvalue weighted by molar-refractivity contribution is -0.162. The van der Waals surface area contributed by atoms with Crippen molar-refractivity contribution in [3.05, 3.63) is 0 Å². The third-order valence-corrected chi connectivity index (χ3v) is 3.59. The molecule has 0 radical (unpaired) electrons. The van der Waals surface area contributed by atoms with Gasteiger partial charge in [-0.3, -0.25) is 9.59 Å². The van der Waals surface area contributed by atoms with Gasteiger partial charge in [0, 0.05) is 0 Å². The second-order valence-electron chi connectivity index (χ2n) is 6.27. The molecular weight excluding hydrogens is 280 g/mol. The van der Waals surface area contributed by atoms with Crippen LogP contribution < -0.4 is 0 Å². The van der Waals surface area contributed by atoms with Gasteiger partial charge in [-0.1, -0.05) is 53.4 Å². The highest BCUT2D eigenvalue weighted by atomic mass is 16.6. The fourth-order valence-electron chi connectivity index (χ4n) is 2.08. The molecule has 0 N–H and O–H groups in total. The molecule has 0 rings (SSSR count). The largest absolute Gasteiger partial charge is 0.465 e. The third-order valence-electron chi connectivity index (χ3n) is 3.59. The molecule has 4 nitrogen and oxygen atoms in total. The normalized spacial score (nSPS) is 11.0. The molecule has 0 aliphatic rings. The van der Waals surface area contributed by atoms with Gasteiger partial charge in [0.05, 0.1) is 13.2 Å². The molecule has 0 atom stereocenters. The van der Waals surface area contributed by atoms with Crippen molar-refractivity contribution in [3.8, 4) is 0 Å². The minimum absolute atomic E-state index is 0.397. The van der Waals surface area contributed by atoms with Crippen molar-refractivity contribution in [1.82, 2.24) is 0 Å². The van der Waals surface area contributed by atoms with Gasteiger partial charge in [0.1, 0.15) is 0 Å². The molecule has 0 aromatic heterocycles. The first kappa shape index (κ1) is 20.9. The Morgan fingerprint density at radius 3 is 1.59 bits per heavy atom. The third kappa shape index (κ3) is 10.6. The molecule has 0 aromatic rings. The lowest BCUT2D eigenvalue weighted by Crippen LogP contribution is -2.29. The summed E-state index contributed by atoms with van der Waals surface area (Å²) in [6.45, 7) is 9.15. The molecule has 0 fully saturated rings. The second-order valence-corrected chi connectivity index (χ2v) is 6.27. The quantitative estimate of drug-likeness (QED) is 0.285. The van der Waals surface area contributed by atoms with Crippen LogP contribution in [-0.2, 0) is 19.1 Å². The van der Waals surface area contributed by atoms with E-state index in [1.807, 2.05) is 0 Å². The Bertz CT molecular complexity index is 275. The van der Waals surface area contributed by atoms with E-state index in [-0.39, 0.29) is 0 Å². The van der Waals surface area contributed by atoms with Crippen molar-refractivity contribution < 1.29 is 19.1 Å². The molecule has 0 bridgehead atoms. The molecule has 0 aliphatic carbocycles. The molecule has 4 heteroatoms. The van der Waals surface area contributed by atoms with Crippen molar-refractivity contribution >= 4 is 11.9 Å². The molecular formula is C18H34O4. The molecule has 0 amide bonds. The Kier molecular flexibility index (Phi) is 12.9. The van der Waals surface area contributed by atoms with Gasteiger partial charge < -0.3 is 9.47 Å². The smallest absolute Gasteiger partial charge is 0.320 e. The first-order chi connectivity index (χ1) is 10.5. The second kappa shape index (κ2) is 13.6. The number of hydrogen-bond donors (Lipinski definition) is 0. The Balaban J connectivity index is 4.32.